The van der Waals surface area contributed by atoms with Crippen molar-refractivity contribution in [3.05, 3.63) is 72.1 Å². The predicted molar refractivity (Wildman–Crippen MR) is 81.5 cm³/mol. The number of hydrogen-bond donors (Lipinski definition) is 1. The smallest absolute Gasteiger partial charge is 0.291 e. The van der Waals surface area contributed by atoms with E-state index < -0.39 is 0 Å². The molecule has 3 aromatic rings. The highest BCUT2D eigenvalue weighted by atomic mass is 16.2. The van der Waals surface area contributed by atoms with Crippen molar-refractivity contribution in [3.8, 4) is 5.69 Å². The van der Waals surface area contributed by atoms with E-state index >= 15 is 0 Å². The molecule has 2 aromatic heterocycles. The summed E-state index contributed by atoms with van der Waals surface area (Å²) in [5.74, 6) is -0.154. The van der Waals surface area contributed by atoms with Crippen LogP contribution in [0.25, 0.3) is 5.69 Å². The molecule has 0 radical (unpaired) electrons. The summed E-state index contributed by atoms with van der Waals surface area (Å²) in [7, 11) is 0. The maximum atomic E-state index is 12.1. The van der Waals surface area contributed by atoms with Gasteiger partial charge >= 0.3 is 0 Å². The normalized spacial score (nSPS) is 10.4. The van der Waals surface area contributed by atoms with Gasteiger partial charge in [0, 0.05) is 18.9 Å². The molecule has 0 fully saturated rings. The van der Waals surface area contributed by atoms with Crippen molar-refractivity contribution in [2.75, 3.05) is 0 Å². The lowest BCUT2D eigenvalue weighted by Gasteiger charge is -2.02. The Morgan fingerprint density at radius 1 is 1.23 bits per heavy atom. The molecule has 0 aliphatic heterocycles. The Kier molecular flexibility index (Phi) is 3.91. The van der Waals surface area contributed by atoms with Crippen LogP contribution in [0, 0.1) is 6.92 Å². The van der Waals surface area contributed by atoms with Crippen molar-refractivity contribution in [2.45, 2.75) is 13.5 Å². The fourth-order valence-electron chi connectivity index (χ4n) is 2.02. The number of carbonyl (C=O) groups is 1. The van der Waals surface area contributed by atoms with Gasteiger partial charge in [-0.3, -0.25) is 9.78 Å². The van der Waals surface area contributed by atoms with E-state index in [1.165, 1.54) is 6.33 Å². The maximum absolute atomic E-state index is 12.1. The van der Waals surface area contributed by atoms with Crippen molar-refractivity contribution < 1.29 is 4.79 Å². The van der Waals surface area contributed by atoms with Gasteiger partial charge in [0.1, 0.15) is 6.33 Å². The lowest BCUT2D eigenvalue weighted by Crippen LogP contribution is -2.24. The molecular weight excluding hydrogens is 278 g/mol. The zero-order chi connectivity index (χ0) is 15.4. The van der Waals surface area contributed by atoms with Crippen LogP contribution in [0.1, 0.15) is 21.7 Å². The summed E-state index contributed by atoms with van der Waals surface area (Å²) in [6.07, 6.45) is 4.91. The molecule has 3 rings (SSSR count). The van der Waals surface area contributed by atoms with E-state index in [-0.39, 0.29) is 11.7 Å². The van der Waals surface area contributed by atoms with Crippen LogP contribution in [-0.2, 0) is 6.54 Å². The van der Waals surface area contributed by atoms with Gasteiger partial charge in [0.15, 0.2) is 0 Å². The van der Waals surface area contributed by atoms with Crippen LogP contribution in [0.5, 0.6) is 0 Å². The number of carbonyl (C=O) groups excluding carboxylic acids is 1. The molecule has 1 aromatic carbocycles. The fourth-order valence-corrected chi connectivity index (χ4v) is 2.02. The maximum Gasteiger partial charge on any atom is 0.291 e. The van der Waals surface area contributed by atoms with Crippen molar-refractivity contribution in [1.82, 2.24) is 25.1 Å². The van der Waals surface area contributed by atoms with Crippen LogP contribution >= 0.6 is 0 Å². The minimum Gasteiger partial charge on any atom is -0.345 e. The fraction of sp³-hybridized carbons (Fsp3) is 0.125. The van der Waals surface area contributed by atoms with Gasteiger partial charge in [-0.05, 0) is 42.3 Å². The number of pyridine rings is 1. The number of aryl methyl sites for hydroxylation is 1. The van der Waals surface area contributed by atoms with Gasteiger partial charge in [0.25, 0.3) is 5.91 Å². The monoisotopic (exact) mass is 293 g/mol. The number of nitrogens with zero attached hydrogens (tertiary/aromatic N) is 4. The first-order valence-electron chi connectivity index (χ1n) is 6.88. The quantitative estimate of drug-likeness (QED) is 0.797. The van der Waals surface area contributed by atoms with Crippen LogP contribution in [0.15, 0.2) is 55.1 Å². The molecule has 0 atom stereocenters. The number of hydrogen-bond acceptors (Lipinski definition) is 4. The van der Waals surface area contributed by atoms with Gasteiger partial charge < -0.3 is 5.32 Å². The third kappa shape index (κ3) is 3.17. The lowest BCUT2D eigenvalue weighted by atomic mass is 10.2. The molecule has 0 aliphatic carbocycles. The molecule has 0 aliphatic rings. The van der Waals surface area contributed by atoms with Crippen LogP contribution in [-0.4, -0.2) is 25.7 Å². The van der Waals surface area contributed by atoms with E-state index in [0.717, 1.165) is 16.8 Å². The second-order valence-electron chi connectivity index (χ2n) is 4.89. The van der Waals surface area contributed by atoms with Crippen LogP contribution in [0.2, 0.25) is 0 Å². The third-order valence-corrected chi connectivity index (χ3v) is 3.16. The van der Waals surface area contributed by atoms with Crippen molar-refractivity contribution in [2.24, 2.45) is 0 Å². The molecule has 6 heteroatoms. The Labute approximate surface area is 127 Å². The summed E-state index contributed by atoms with van der Waals surface area (Å²) in [4.78, 5) is 20.1. The average Bonchev–Trinajstić information content (AvgIpc) is 3.04. The predicted octanol–water partition coefficient (Wildman–Crippen LogP) is 1.90. The Morgan fingerprint density at radius 2 is 2.05 bits per heavy atom. The second-order valence-corrected chi connectivity index (χ2v) is 4.89. The first kappa shape index (κ1) is 13.9. The Morgan fingerprint density at radius 3 is 2.82 bits per heavy atom. The molecule has 2 heterocycles. The van der Waals surface area contributed by atoms with Gasteiger partial charge in [-0.1, -0.05) is 12.1 Å². The standard InChI is InChI=1S/C16H15N5O/c1-12-3-2-4-14(9-12)21-11-19-15(20-21)16(22)18-10-13-5-7-17-8-6-13/h2-9,11H,10H2,1H3,(H,18,22). The molecule has 1 amide bonds. The molecule has 1 N–H and O–H groups in total. The first-order chi connectivity index (χ1) is 10.7. The molecular formula is C16H15N5O. The number of nitrogens with one attached hydrogen (secondary N) is 1. The number of amides is 1. The summed E-state index contributed by atoms with van der Waals surface area (Å²) in [6.45, 7) is 2.42. The molecule has 0 unspecified atom stereocenters. The molecule has 6 nitrogen and oxygen atoms in total. The van der Waals surface area contributed by atoms with E-state index in [9.17, 15) is 4.79 Å². The highest BCUT2D eigenvalue weighted by Gasteiger charge is 2.11. The molecule has 0 spiro atoms. The number of benzene rings is 1. The molecule has 110 valence electrons. The van der Waals surface area contributed by atoms with Crippen LogP contribution < -0.4 is 5.32 Å². The van der Waals surface area contributed by atoms with Crippen LogP contribution in [0.4, 0.5) is 0 Å². The largest absolute Gasteiger partial charge is 0.345 e. The molecule has 22 heavy (non-hydrogen) atoms. The van der Waals surface area contributed by atoms with Crippen molar-refractivity contribution in [3.63, 3.8) is 0 Å². The SMILES string of the molecule is Cc1cccc(-n2cnc(C(=O)NCc3ccncc3)n2)c1. The summed E-state index contributed by atoms with van der Waals surface area (Å²) < 4.78 is 1.59. The summed E-state index contributed by atoms with van der Waals surface area (Å²) >= 11 is 0. The number of aromatic nitrogens is 4. The molecule has 0 saturated heterocycles. The van der Waals surface area contributed by atoms with E-state index in [1.54, 1.807) is 17.1 Å². The van der Waals surface area contributed by atoms with Crippen molar-refractivity contribution >= 4 is 5.91 Å². The van der Waals surface area contributed by atoms with E-state index in [2.05, 4.69) is 20.4 Å². The van der Waals surface area contributed by atoms with E-state index in [4.69, 9.17) is 0 Å². The van der Waals surface area contributed by atoms with Crippen LogP contribution in [0.3, 0.4) is 0 Å². The highest BCUT2D eigenvalue weighted by molar-refractivity contribution is 5.90. The first-order valence-corrected chi connectivity index (χ1v) is 6.88. The van der Waals surface area contributed by atoms with E-state index in [1.807, 2.05) is 43.3 Å². The zero-order valence-electron chi connectivity index (χ0n) is 12.1. The van der Waals surface area contributed by atoms with Gasteiger partial charge in [0.2, 0.25) is 5.82 Å². The third-order valence-electron chi connectivity index (χ3n) is 3.16. The minimum absolute atomic E-state index is 0.149. The van der Waals surface area contributed by atoms with Gasteiger partial charge in [-0.2, -0.15) is 0 Å². The zero-order valence-corrected chi connectivity index (χ0v) is 12.1. The topological polar surface area (TPSA) is 72.7 Å². The Balaban J connectivity index is 1.69. The average molecular weight is 293 g/mol. The second kappa shape index (κ2) is 6.17. The summed E-state index contributed by atoms with van der Waals surface area (Å²) in [6, 6.07) is 11.5. The number of rotatable bonds is 4. The summed E-state index contributed by atoms with van der Waals surface area (Å²) in [5.41, 5.74) is 2.97. The van der Waals surface area contributed by atoms with Gasteiger partial charge in [-0.25, -0.2) is 9.67 Å². The Bertz CT molecular complexity index is 782. The Hall–Kier alpha value is -3.02. The van der Waals surface area contributed by atoms with Gasteiger partial charge in [0.05, 0.1) is 5.69 Å². The summed E-state index contributed by atoms with van der Waals surface area (Å²) in [5, 5.41) is 7.00. The minimum atomic E-state index is -0.303. The molecule has 0 bridgehead atoms. The van der Waals surface area contributed by atoms with E-state index in [0.29, 0.717) is 6.54 Å². The molecule has 0 saturated carbocycles. The highest BCUT2D eigenvalue weighted by Crippen LogP contribution is 2.08. The van der Waals surface area contributed by atoms with Gasteiger partial charge in [-0.15, -0.1) is 5.10 Å². The van der Waals surface area contributed by atoms with Crippen molar-refractivity contribution in [1.29, 1.82) is 0 Å². The lowest BCUT2D eigenvalue weighted by molar-refractivity contribution is 0.0940.